The van der Waals surface area contributed by atoms with Crippen LogP contribution in [0.3, 0.4) is 0 Å². The van der Waals surface area contributed by atoms with Crippen LogP contribution in [0.2, 0.25) is 0 Å². The third-order valence-corrected chi connectivity index (χ3v) is 5.09. The molecule has 2 atom stereocenters. The molecule has 5 nitrogen and oxygen atoms in total. The first-order valence-electron chi connectivity index (χ1n) is 8.25. The molecule has 2 aromatic carbocycles. The summed E-state index contributed by atoms with van der Waals surface area (Å²) >= 11 is 1.38. The average molecular weight is 368 g/mol. The summed E-state index contributed by atoms with van der Waals surface area (Å²) in [5, 5.41) is 24.6. The number of carboxylic acid groups (broad SMARTS) is 1. The van der Waals surface area contributed by atoms with E-state index in [2.05, 4.69) is 10.3 Å². The lowest BCUT2D eigenvalue weighted by Crippen LogP contribution is -2.34. The van der Waals surface area contributed by atoms with E-state index in [1.165, 1.54) is 16.9 Å². The Hall–Kier alpha value is -2.86. The lowest BCUT2D eigenvalue weighted by atomic mass is 9.93. The number of phenols is 1. The molecule has 0 fully saturated rings. The van der Waals surface area contributed by atoms with Gasteiger partial charge in [-0.2, -0.15) is 0 Å². The van der Waals surface area contributed by atoms with Gasteiger partial charge in [0, 0.05) is 16.9 Å². The monoisotopic (exact) mass is 368 g/mol. The van der Waals surface area contributed by atoms with Gasteiger partial charge in [-0.15, -0.1) is 11.3 Å². The van der Waals surface area contributed by atoms with E-state index in [0.29, 0.717) is 5.13 Å². The fourth-order valence-corrected chi connectivity index (χ4v) is 3.46. The Labute approximate surface area is 156 Å². The highest BCUT2D eigenvalue weighted by molar-refractivity contribution is 7.14. The van der Waals surface area contributed by atoms with Crippen molar-refractivity contribution in [1.29, 1.82) is 0 Å². The molecule has 1 unspecified atom stereocenters. The molecule has 0 aliphatic rings. The van der Waals surface area contributed by atoms with Crippen LogP contribution in [0.1, 0.15) is 24.0 Å². The number of aromatic nitrogens is 1. The standard InChI is InChI=1S/C20H20N2O3S/c1-12-3-5-15(6-4-12)17-11-26-20(21-17)22-18(19(24)25)13(2)14-7-9-16(23)10-8-14/h3-11,13,18,23H,1-2H3,(H,21,22)(H,24,25)/t13?,18-/m0/s1. The molecule has 0 amide bonds. The molecule has 1 heterocycles. The number of aromatic hydroxyl groups is 1. The number of nitrogens with zero attached hydrogens (tertiary/aromatic N) is 1. The summed E-state index contributed by atoms with van der Waals surface area (Å²) in [5.74, 6) is -1.08. The minimum atomic E-state index is -0.947. The maximum Gasteiger partial charge on any atom is 0.326 e. The predicted octanol–water partition coefficient (Wildman–Crippen LogP) is 4.49. The number of hydrogen-bond donors (Lipinski definition) is 3. The van der Waals surface area contributed by atoms with Gasteiger partial charge >= 0.3 is 5.97 Å². The van der Waals surface area contributed by atoms with E-state index in [0.717, 1.165) is 16.8 Å². The van der Waals surface area contributed by atoms with Gasteiger partial charge in [-0.3, -0.25) is 0 Å². The second-order valence-corrected chi connectivity index (χ2v) is 7.10. The van der Waals surface area contributed by atoms with Crippen LogP contribution in [0.25, 0.3) is 11.3 Å². The number of thiazole rings is 1. The quantitative estimate of drug-likeness (QED) is 0.597. The normalized spacial score (nSPS) is 13.2. The van der Waals surface area contributed by atoms with Crippen molar-refractivity contribution in [2.75, 3.05) is 5.32 Å². The molecular formula is C20H20N2O3S. The van der Waals surface area contributed by atoms with Gasteiger partial charge in [-0.25, -0.2) is 9.78 Å². The molecule has 1 aromatic heterocycles. The van der Waals surface area contributed by atoms with Gasteiger partial charge in [0.05, 0.1) is 5.69 Å². The number of phenolic OH excluding ortho intramolecular Hbond substituents is 1. The fraction of sp³-hybridized carbons (Fsp3) is 0.200. The second-order valence-electron chi connectivity index (χ2n) is 6.24. The summed E-state index contributed by atoms with van der Waals surface area (Å²) in [6.07, 6.45) is 0. The number of aryl methyl sites for hydroxylation is 1. The van der Waals surface area contributed by atoms with E-state index < -0.39 is 12.0 Å². The van der Waals surface area contributed by atoms with E-state index >= 15 is 0 Å². The number of benzene rings is 2. The minimum absolute atomic E-state index is 0.156. The van der Waals surface area contributed by atoms with Crippen LogP contribution in [0.15, 0.2) is 53.9 Å². The van der Waals surface area contributed by atoms with E-state index in [-0.39, 0.29) is 11.7 Å². The molecule has 3 N–H and O–H groups in total. The molecule has 134 valence electrons. The zero-order chi connectivity index (χ0) is 18.7. The lowest BCUT2D eigenvalue weighted by molar-refractivity contribution is -0.138. The molecule has 26 heavy (non-hydrogen) atoms. The van der Waals surface area contributed by atoms with Crippen molar-refractivity contribution in [3.05, 3.63) is 65.0 Å². The molecule has 0 spiro atoms. The van der Waals surface area contributed by atoms with Gasteiger partial charge < -0.3 is 15.5 Å². The van der Waals surface area contributed by atoms with Gasteiger partial charge in [-0.1, -0.05) is 48.9 Å². The van der Waals surface area contributed by atoms with Crippen LogP contribution in [0.4, 0.5) is 5.13 Å². The Kier molecular flexibility index (Phi) is 5.23. The smallest absolute Gasteiger partial charge is 0.326 e. The van der Waals surface area contributed by atoms with Crippen molar-refractivity contribution >= 4 is 22.4 Å². The van der Waals surface area contributed by atoms with Crippen LogP contribution in [0, 0.1) is 6.92 Å². The van der Waals surface area contributed by atoms with Crippen molar-refractivity contribution in [1.82, 2.24) is 4.98 Å². The summed E-state index contributed by atoms with van der Waals surface area (Å²) in [7, 11) is 0. The van der Waals surface area contributed by atoms with E-state index in [1.54, 1.807) is 24.3 Å². The van der Waals surface area contributed by atoms with Gasteiger partial charge in [0.25, 0.3) is 0 Å². The summed E-state index contributed by atoms with van der Waals surface area (Å²) in [4.78, 5) is 16.3. The van der Waals surface area contributed by atoms with Crippen molar-refractivity contribution < 1.29 is 15.0 Å². The minimum Gasteiger partial charge on any atom is -0.508 e. The molecule has 3 rings (SSSR count). The Morgan fingerprint density at radius 3 is 2.38 bits per heavy atom. The van der Waals surface area contributed by atoms with Crippen molar-refractivity contribution in [3.8, 4) is 17.0 Å². The number of carboxylic acids is 1. The number of aliphatic carboxylic acids is 1. The zero-order valence-electron chi connectivity index (χ0n) is 14.5. The molecule has 0 saturated carbocycles. The van der Waals surface area contributed by atoms with Crippen LogP contribution < -0.4 is 5.32 Å². The molecular weight excluding hydrogens is 348 g/mol. The first-order valence-corrected chi connectivity index (χ1v) is 9.13. The van der Waals surface area contributed by atoms with E-state index in [9.17, 15) is 15.0 Å². The van der Waals surface area contributed by atoms with Crippen molar-refractivity contribution in [2.45, 2.75) is 25.8 Å². The average Bonchev–Trinajstić information content (AvgIpc) is 3.09. The molecule has 0 aliphatic heterocycles. The van der Waals surface area contributed by atoms with Crippen molar-refractivity contribution in [2.24, 2.45) is 0 Å². The fourth-order valence-electron chi connectivity index (χ4n) is 2.70. The predicted molar refractivity (Wildman–Crippen MR) is 104 cm³/mol. The van der Waals surface area contributed by atoms with Crippen LogP contribution >= 0.6 is 11.3 Å². The molecule has 0 radical (unpaired) electrons. The van der Waals surface area contributed by atoms with Crippen LogP contribution in [-0.2, 0) is 4.79 Å². The van der Waals surface area contributed by atoms with Crippen LogP contribution in [-0.4, -0.2) is 27.2 Å². The van der Waals surface area contributed by atoms with Gasteiger partial charge in [0.1, 0.15) is 11.8 Å². The molecule has 3 aromatic rings. The van der Waals surface area contributed by atoms with Gasteiger partial charge in [0.2, 0.25) is 0 Å². The summed E-state index contributed by atoms with van der Waals surface area (Å²) < 4.78 is 0. The number of nitrogens with one attached hydrogen (secondary N) is 1. The van der Waals surface area contributed by atoms with E-state index in [4.69, 9.17) is 0 Å². The van der Waals surface area contributed by atoms with Crippen molar-refractivity contribution in [3.63, 3.8) is 0 Å². The maximum absolute atomic E-state index is 11.8. The first kappa shape index (κ1) is 17.9. The summed E-state index contributed by atoms with van der Waals surface area (Å²) in [6.45, 7) is 3.87. The third kappa shape index (κ3) is 4.03. The SMILES string of the molecule is Cc1ccc(-c2csc(N[C@H](C(=O)O)C(C)c3ccc(O)cc3)n2)cc1. The zero-order valence-corrected chi connectivity index (χ0v) is 15.3. The number of carbonyl (C=O) groups is 1. The maximum atomic E-state index is 11.8. The number of anilines is 1. The Morgan fingerprint density at radius 1 is 1.12 bits per heavy atom. The third-order valence-electron chi connectivity index (χ3n) is 4.32. The summed E-state index contributed by atoms with van der Waals surface area (Å²) in [6, 6.07) is 13.8. The lowest BCUT2D eigenvalue weighted by Gasteiger charge is -2.21. The Morgan fingerprint density at radius 2 is 1.77 bits per heavy atom. The molecule has 0 bridgehead atoms. The highest BCUT2D eigenvalue weighted by atomic mass is 32.1. The van der Waals surface area contributed by atoms with E-state index in [1.807, 2.05) is 43.5 Å². The number of rotatable bonds is 6. The first-order chi connectivity index (χ1) is 12.4. The molecule has 0 aliphatic carbocycles. The highest BCUT2D eigenvalue weighted by Gasteiger charge is 2.27. The number of hydrogen-bond acceptors (Lipinski definition) is 5. The molecule has 6 heteroatoms. The topological polar surface area (TPSA) is 82.5 Å². The Bertz CT molecular complexity index is 888. The van der Waals surface area contributed by atoms with Crippen LogP contribution in [0.5, 0.6) is 5.75 Å². The van der Waals surface area contributed by atoms with Gasteiger partial charge in [0.15, 0.2) is 5.13 Å². The second kappa shape index (κ2) is 7.58. The van der Waals surface area contributed by atoms with Gasteiger partial charge in [-0.05, 0) is 24.6 Å². The Balaban J connectivity index is 1.79. The highest BCUT2D eigenvalue weighted by Crippen LogP contribution is 2.29. The largest absolute Gasteiger partial charge is 0.508 e. The summed E-state index contributed by atoms with van der Waals surface area (Å²) in [5.41, 5.74) is 3.83. The molecule has 0 saturated heterocycles.